The number of nitrogens with zero attached hydrogens (tertiary/aromatic N) is 3. The zero-order valence-corrected chi connectivity index (χ0v) is 13.8. The minimum atomic E-state index is -0.0939. The van der Waals surface area contributed by atoms with Crippen LogP contribution in [0.15, 0.2) is 4.42 Å². The molecule has 7 nitrogen and oxygen atoms in total. The van der Waals surface area contributed by atoms with E-state index in [1.165, 1.54) is 0 Å². The first-order valence-corrected chi connectivity index (χ1v) is 8.20. The average Bonchev–Trinajstić information content (AvgIpc) is 3.23. The molecule has 0 unspecified atom stereocenters. The first-order valence-electron chi connectivity index (χ1n) is 8.20. The largest absolute Gasteiger partial charge is 0.425 e. The molecule has 2 aromatic heterocycles. The summed E-state index contributed by atoms with van der Waals surface area (Å²) in [7, 11) is 0. The third-order valence-electron chi connectivity index (χ3n) is 4.62. The monoisotopic (exact) mass is 317 g/mol. The van der Waals surface area contributed by atoms with Crippen LogP contribution in [0.25, 0.3) is 0 Å². The van der Waals surface area contributed by atoms with Crippen LogP contribution in [0.1, 0.15) is 59.7 Å². The van der Waals surface area contributed by atoms with Gasteiger partial charge in [0.2, 0.25) is 11.8 Å². The van der Waals surface area contributed by atoms with Gasteiger partial charge in [0.25, 0.3) is 5.91 Å². The summed E-state index contributed by atoms with van der Waals surface area (Å²) in [6.45, 7) is 5.82. The number of aryl methyl sites for hydroxylation is 2. The van der Waals surface area contributed by atoms with E-state index in [0.29, 0.717) is 23.4 Å². The second kappa shape index (κ2) is 6.52. The molecule has 3 rings (SSSR count). The number of H-pyrrole nitrogens is 1. The Bertz CT molecular complexity index is 690. The maximum absolute atomic E-state index is 12.3. The summed E-state index contributed by atoms with van der Waals surface area (Å²) in [6.07, 6.45) is 4.54. The van der Waals surface area contributed by atoms with Crippen molar-refractivity contribution in [1.29, 1.82) is 0 Å². The number of aromatic amines is 1. The van der Waals surface area contributed by atoms with Gasteiger partial charge in [0.05, 0.1) is 0 Å². The highest BCUT2D eigenvalue weighted by Crippen LogP contribution is 2.28. The lowest BCUT2D eigenvalue weighted by Crippen LogP contribution is -2.33. The molecule has 124 valence electrons. The Hall–Kier alpha value is -2.18. The van der Waals surface area contributed by atoms with Gasteiger partial charge in [-0.25, -0.2) is 0 Å². The maximum Gasteiger partial charge on any atom is 0.272 e. The number of carbonyl (C=O) groups is 1. The maximum atomic E-state index is 12.3. The Morgan fingerprint density at radius 2 is 2.09 bits per heavy atom. The number of carbonyl (C=O) groups excluding carboxylic acids is 1. The van der Waals surface area contributed by atoms with E-state index in [1.54, 1.807) is 0 Å². The molecule has 0 bridgehead atoms. The number of nitrogens with one attached hydrogen (secondary N) is 2. The molecular formula is C16H23N5O2. The van der Waals surface area contributed by atoms with Crippen LogP contribution in [0.5, 0.6) is 0 Å². The molecule has 2 aromatic rings. The van der Waals surface area contributed by atoms with E-state index in [9.17, 15) is 4.79 Å². The summed E-state index contributed by atoms with van der Waals surface area (Å²) in [4.78, 5) is 12.3. The molecule has 2 heterocycles. The quantitative estimate of drug-likeness (QED) is 0.880. The van der Waals surface area contributed by atoms with Gasteiger partial charge in [-0.3, -0.25) is 9.89 Å². The molecular weight excluding hydrogens is 294 g/mol. The van der Waals surface area contributed by atoms with Crippen molar-refractivity contribution in [3.05, 3.63) is 28.7 Å². The Balaban J connectivity index is 1.53. The molecule has 1 saturated carbocycles. The van der Waals surface area contributed by atoms with Crippen LogP contribution in [0.3, 0.4) is 0 Å². The van der Waals surface area contributed by atoms with Crippen LogP contribution in [-0.2, 0) is 12.8 Å². The van der Waals surface area contributed by atoms with E-state index in [0.717, 1.165) is 43.4 Å². The van der Waals surface area contributed by atoms with Crippen molar-refractivity contribution >= 4 is 5.91 Å². The minimum Gasteiger partial charge on any atom is -0.425 e. The molecule has 2 atom stereocenters. The highest BCUT2D eigenvalue weighted by atomic mass is 16.4. The van der Waals surface area contributed by atoms with Crippen molar-refractivity contribution in [3.8, 4) is 0 Å². The Morgan fingerprint density at radius 3 is 2.74 bits per heavy atom. The van der Waals surface area contributed by atoms with Crippen molar-refractivity contribution in [2.24, 2.45) is 5.92 Å². The van der Waals surface area contributed by atoms with Crippen molar-refractivity contribution < 1.29 is 9.21 Å². The standard InChI is InChI=1S/C16H23N5O2/c1-4-13-19-20-14(23-13)8-11-5-6-12(7-11)17-16(22)15-9(2)10(3)18-21-15/h11-12H,4-8H2,1-3H3,(H,17,22)(H,18,21)/t11-,12+/m1/s1. The van der Waals surface area contributed by atoms with Crippen molar-refractivity contribution in [2.45, 2.75) is 58.9 Å². The second-order valence-electron chi connectivity index (χ2n) is 6.32. The summed E-state index contributed by atoms with van der Waals surface area (Å²) in [5, 5.41) is 18.1. The summed E-state index contributed by atoms with van der Waals surface area (Å²) < 4.78 is 5.58. The van der Waals surface area contributed by atoms with Gasteiger partial charge < -0.3 is 9.73 Å². The fourth-order valence-corrected chi connectivity index (χ4v) is 3.11. The lowest BCUT2D eigenvalue weighted by molar-refractivity contribution is 0.0931. The van der Waals surface area contributed by atoms with E-state index < -0.39 is 0 Å². The van der Waals surface area contributed by atoms with Crippen LogP contribution in [0, 0.1) is 19.8 Å². The first-order chi connectivity index (χ1) is 11.1. The Kier molecular flexibility index (Phi) is 4.45. The Morgan fingerprint density at radius 1 is 1.30 bits per heavy atom. The highest BCUT2D eigenvalue weighted by Gasteiger charge is 2.28. The topological polar surface area (TPSA) is 96.7 Å². The van der Waals surface area contributed by atoms with E-state index in [1.807, 2.05) is 20.8 Å². The molecule has 2 N–H and O–H groups in total. The van der Waals surface area contributed by atoms with Gasteiger partial charge in [0.15, 0.2) is 5.69 Å². The molecule has 1 amide bonds. The third-order valence-corrected chi connectivity index (χ3v) is 4.62. The zero-order valence-electron chi connectivity index (χ0n) is 13.8. The average molecular weight is 317 g/mol. The fourth-order valence-electron chi connectivity index (χ4n) is 3.11. The predicted molar refractivity (Wildman–Crippen MR) is 84.0 cm³/mol. The van der Waals surface area contributed by atoms with Gasteiger partial charge in [0.1, 0.15) is 0 Å². The van der Waals surface area contributed by atoms with Gasteiger partial charge >= 0.3 is 0 Å². The predicted octanol–water partition coefficient (Wildman–Crippen LogP) is 2.11. The fraction of sp³-hybridized carbons (Fsp3) is 0.625. The summed E-state index contributed by atoms with van der Waals surface area (Å²) in [6, 6.07) is 0.192. The smallest absolute Gasteiger partial charge is 0.272 e. The van der Waals surface area contributed by atoms with Gasteiger partial charge in [-0.2, -0.15) is 5.10 Å². The number of aromatic nitrogens is 4. The lowest BCUT2D eigenvalue weighted by atomic mass is 10.0. The van der Waals surface area contributed by atoms with Crippen molar-refractivity contribution in [2.75, 3.05) is 0 Å². The molecule has 7 heteroatoms. The SMILES string of the molecule is CCc1nnc(C[C@@H]2CC[C@H](NC(=O)c3n[nH]c(C)c3C)C2)o1. The van der Waals surface area contributed by atoms with Crippen LogP contribution < -0.4 is 5.32 Å². The number of rotatable bonds is 5. The second-order valence-corrected chi connectivity index (χ2v) is 6.32. The molecule has 23 heavy (non-hydrogen) atoms. The normalized spacial score (nSPS) is 20.8. The number of hydrogen-bond donors (Lipinski definition) is 2. The molecule has 1 aliphatic rings. The zero-order chi connectivity index (χ0) is 16.4. The van der Waals surface area contributed by atoms with E-state index in [2.05, 4.69) is 25.7 Å². The molecule has 0 aliphatic heterocycles. The van der Waals surface area contributed by atoms with Gasteiger partial charge in [-0.1, -0.05) is 6.92 Å². The molecule has 0 aromatic carbocycles. The van der Waals surface area contributed by atoms with E-state index >= 15 is 0 Å². The molecule has 1 aliphatic carbocycles. The van der Waals surface area contributed by atoms with Crippen LogP contribution in [0.4, 0.5) is 0 Å². The van der Waals surface area contributed by atoms with Crippen LogP contribution in [0.2, 0.25) is 0 Å². The highest BCUT2D eigenvalue weighted by molar-refractivity contribution is 5.94. The molecule has 0 spiro atoms. The van der Waals surface area contributed by atoms with Crippen molar-refractivity contribution in [3.63, 3.8) is 0 Å². The minimum absolute atomic E-state index is 0.0939. The van der Waals surface area contributed by atoms with Crippen LogP contribution in [-0.4, -0.2) is 32.3 Å². The van der Waals surface area contributed by atoms with Crippen molar-refractivity contribution in [1.82, 2.24) is 25.7 Å². The number of amides is 1. The number of hydrogen-bond acceptors (Lipinski definition) is 5. The van der Waals surface area contributed by atoms with Gasteiger partial charge in [-0.15, -0.1) is 10.2 Å². The van der Waals surface area contributed by atoms with Gasteiger partial charge in [0, 0.05) is 30.1 Å². The summed E-state index contributed by atoms with van der Waals surface area (Å²) in [5.41, 5.74) is 2.34. The molecule has 1 fully saturated rings. The molecule has 0 saturated heterocycles. The Labute approximate surface area is 135 Å². The molecule has 0 radical (unpaired) electrons. The van der Waals surface area contributed by atoms with E-state index in [-0.39, 0.29) is 11.9 Å². The van der Waals surface area contributed by atoms with E-state index in [4.69, 9.17) is 4.42 Å². The first kappa shape index (κ1) is 15.7. The lowest BCUT2D eigenvalue weighted by Gasteiger charge is -2.12. The van der Waals surface area contributed by atoms with Gasteiger partial charge in [-0.05, 0) is 39.0 Å². The van der Waals surface area contributed by atoms with Crippen LogP contribution >= 0.6 is 0 Å². The summed E-state index contributed by atoms with van der Waals surface area (Å²) >= 11 is 0. The summed E-state index contributed by atoms with van der Waals surface area (Å²) in [5.74, 6) is 1.78. The third kappa shape index (κ3) is 3.43.